The number of amides is 2. The Morgan fingerprint density at radius 2 is 1.31 bits per heavy atom. The van der Waals surface area contributed by atoms with Gasteiger partial charge in [0.2, 0.25) is 5.91 Å². The Hall–Kier alpha value is -4.42. The second-order valence-corrected chi connectivity index (χ2v) is 8.74. The highest BCUT2D eigenvalue weighted by Gasteiger charge is 2.36. The third-order valence-corrected chi connectivity index (χ3v) is 6.47. The van der Waals surface area contributed by atoms with Gasteiger partial charge in [-0.3, -0.25) is 15.0 Å². The number of rotatable bonds is 8. The first-order valence-corrected chi connectivity index (χ1v) is 12.1. The predicted octanol–water partition coefficient (Wildman–Crippen LogP) is 5.46. The van der Waals surface area contributed by atoms with Crippen LogP contribution in [0.3, 0.4) is 0 Å². The first-order chi connectivity index (χ1) is 17.7. The summed E-state index contributed by atoms with van der Waals surface area (Å²) < 4.78 is 0. The van der Waals surface area contributed by atoms with Crippen molar-refractivity contribution in [1.82, 2.24) is 10.9 Å². The number of nitrogens with one attached hydrogen (secondary N) is 3. The highest BCUT2D eigenvalue weighted by Crippen LogP contribution is 2.36. The highest BCUT2D eigenvalue weighted by atomic mass is 16.2. The molecule has 0 aliphatic carbocycles. The van der Waals surface area contributed by atoms with Gasteiger partial charge in [0.1, 0.15) is 0 Å². The summed E-state index contributed by atoms with van der Waals surface area (Å²) >= 11 is 0. The number of fused-ring (bicyclic) bond motifs is 1. The topological polar surface area (TPSA) is 73.5 Å². The van der Waals surface area contributed by atoms with Crippen molar-refractivity contribution >= 4 is 28.9 Å². The van der Waals surface area contributed by atoms with Crippen molar-refractivity contribution in [1.29, 1.82) is 0 Å². The molecule has 2 amide bonds. The van der Waals surface area contributed by atoms with Crippen LogP contribution in [0.15, 0.2) is 115 Å². The van der Waals surface area contributed by atoms with Crippen molar-refractivity contribution in [2.75, 3.05) is 16.8 Å². The van der Waals surface area contributed by atoms with Gasteiger partial charge in [0.25, 0.3) is 5.91 Å². The maximum Gasteiger partial charge on any atom is 0.265 e. The molecule has 0 spiro atoms. The number of para-hydroxylation sites is 3. The van der Waals surface area contributed by atoms with Crippen LogP contribution in [0, 0.1) is 5.92 Å². The summed E-state index contributed by atoms with van der Waals surface area (Å²) in [5.41, 5.74) is 10.4. The van der Waals surface area contributed by atoms with E-state index in [0.29, 0.717) is 18.5 Å². The molecule has 3 N–H and O–H groups in total. The molecule has 0 aromatic heterocycles. The quantitative estimate of drug-likeness (QED) is 0.295. The van der Waals surface area contributed by atoms with Crippen LogP contribution in [-0.4, -0.2) is 18.4 Å². The van der Waals surface area contributed by atoms with Gasteiger partial charge in [0, 0.05) is 29.2 Å². The molecule has 2 atom stereocenters. The minimum Gasteiger partial charge on any atom is -0.341 e. The van der Waals surface area contributed by atoms with Crippen LogP contribution in [0.25, 0.3) is 0 Å². The molecule has 1 aliphatic heterocycles. The molecular weight excluding hydrogens is 448 g/mol. The average molecular weight is 477 g/mol. The van der Waals surface area contributed by atoms with Crippen molar-refractivity contribution in [2.24, 2.45) is 5.92 Å². The first-order valence-electron chi connectivity index (χ1n) is 12.1. The summed E-state index contributed by atoms with van der Waals surface area (Å²) in [6.45, 7) is 0.624. The summed E-state index contributed by atoms with van der Waals surface area (Å²) in [6.07, 6.45) is 0.572. The monoisotopic (exact) mass is 476 g/mol. The van der Waals surface area contributed by atoms with Crippen LogP contribution < -0.4 is 21.1 Å². The Labute approximate surface area is 210 Å². The lowest BCUT2D eigenvalue weighted by molar-refractivity contribution is -0.121. The van der Waals surface area contributed by atoms with Crippen molar-refractivity contribution in [3.63, 3.8) is 0 Å². The maximum absolute atomic E-state index is 13.3. The molecule has 0 saturated heterocycles. The Balaban J connectivity index is 1.39. The number of benzene rings is 4. The molecule has 0 saturated carbocycles. The van der Waals surface area contributed by atoms with E-state index in [2.05, 4.69) is 45.3 Å². The van der Waals surface area contributed by atoms with E-state index >= 15 is 0 Å². The Morgan fingerprint density at radius 1 is 0.750 bits per heavy atom. The number of carbonyl (C=O) groups is 2. The van der Waals surface area contributed by atoms with Crippen molar-refractivity contribution in [2.45, 2.75) is 12.5 Å². The minimum atomic E-state index is -0.397. The second kappa shape index (κ2) is 10.9. The normalized spacial score (nSPS) is 16.5. The highest BCUT2D eigenvalue weighted by molar-refractivity contribution is 5.97. The summed E-state index contributed by atoms with van der Waals surface area (Å²) in [6, 6.07) is 36.7. The molecule has 180 valence electrons. The van der Waals surface area contributed by atoms with Gasteiger partial charge < -0.3 is 10.2 Å². The molecule has 0 fully saturated rings. The fourth-order valence-electron chi connectivity index (χ4n) is 4.65. The lowest BCUT2D eigenvalue weighted by Gasteiger charge is -2.35. The third kappa shape index (κ3) is 5.14. The maximum atomic E-state index is 13.3. The van der Waals surface area contributed by atoms with Crippen LogP contribution in [-0.2, 0) is 4.79 Å². The lowest BCUT2D eigenvalue weighted by Crippen LogP contribution is -2.48. The Morgan fingerprint density at radius 3 is 1.94 bits per heavy atom. The second-order valence-electron chi connectivity index (χ2n) is 8.74. The zero-order valence-electron chi connectivity index (χ0n) is 19.8. The van der Waals surface area contributed by atoms with Crippen LogP contribution in [0.5, 0.6) is 0 Å². The number of nitrogens with zero attached hydrogens (tertiary/aromatic N) is 1. The van der Waals surface area contributed by atoms with E-state index in [1.54, 1.807) is 12.1 Å². The first kappa shape index (κ1) is 23.3. The van der Waals surface area contributed by atoms with E-state index in [-0.39, 0.29) is 17.9 Å². The van der Waals surface area contributed by atoms with E-state index in [1.165, 1.54) is 0 Å². The van der Waals surface area contributed by atoms with E-state index in [1.807, 2.05) is 78.9 Å². The molecular formula is C30H28N4O2. The van der Waals surface area contributed by atoms with E-state index < -0.39 is 5.92 Å². The standard InChI is InChI=1S/C30H28N4O2/c35-29(22-12-4-1-5-13-22)33-32-28-25-18-10-11-19-27(25)31-30(36)26(28)20-21-34(23-14-6-2-7-15-23)24-16-8-3-9-17-24/h1-19,26,28,32H,20-21H2,(H,31,36)(H,33,35)/t26-,28+/m0/s1. The molecule has 1 heterocycles. The minimum absolute atomic E-state index is 0.0683. The van der Waals surface area contributed by atoms with Crippen molar-refractivity contribution < 1.29 is 9.59 Å². The lowest BCUT2D eigenvalue weighted by atomic mass is 9.85. The van der Waals surface area contributed by atoms with Gasteiger partial charge in [-0.05, 0) is 54.4 Å². The largest absolute Gasteiger partial charge is 0.341 e. The van der Waals surface area contributed by atoms with Gasteiger partial charge in [0.15, 0.2) is 0 Å². The zero-order chi connectivity index (χ0) is 24.7. The molecule has 0 radical (unpaired) electrons. The average Bonchev–Trinajstić information content (AvgIpc) is 2.94. The van der Waals surface area contributed by atoms with Gasteiger partial charge in [-0.1, -0.05) is 72.8 Å². The van der Waals surface area contributed by atoms with E-state index in [9.17, 15) is 9.59 Å². The Bertz CT molecular complexity index is 1270. The smallest absolute Gasteiger partial charge is 0.265 e. The van der Waals surface area contributed by atoms with Crippen LogP contribution >= 0.6 is 0 Å². The molecule has 5 rings (SSSR count). The van der Waals surface area contributed by atoms with Crippen LogP contribution in [0.1, 0.15) is 28.4 Å². The van der Waals surface area contributed by atoms with Gasteiger partial charge in [0.05, 0.1) is 12.0 Å². The molecule has 0 unspecified atom stereocenters. The molecule has 6 nitrogen and oxygen atoms in total. The van der Waals surface area contributed by atoms with Crippen molar-refractivity contribution in [3.05, 3.63) is 126 Å². The number of carbonyl (C=O) groups excluding carboxylic acids is 2. The number of hydrogen-bond donors (Lipinski definition) is 3. The molecule has 1 aliphatic rings. The van der Waals surface area contributed by atoms with Crippen molar-refractivity contribution in [3.8, 4) is 0 Å². The molecule has 4 aromatic rings. The van der Waals surface area contributed by atoms with Gasteiger partial charge in [-0.2, -0.15) is 0 Å². The van der Waals surface area contributed by atoms with Gasteiger partial charge >= 0.3 is 0 Å². The zero-order valence-corrected chi connectivity index (χ0v) is 19.8. The fourth-order valence-corrected chi connectivity index (χ4v) is 4.65. The predicted molar refractivity (Wildman–Crippen MR) is 143 cm³/mol. The summed E-state index contributed by atoms with van der Waals surface area (Å²) in [5.74, 6) is -0.708. The summed E-state index contributed by atoms with van der Waals surface area (Å²) in [4.78, 5) is 28.2. The summed E-state index contributed by atoms with van der Waals surface area (Å²) in [5, 5.41) is 3.05. The molecule has 4 aromatic carbocycles. The fraction of sp³-hybridized carbons (Fsp3) is 0.133. The van der Waals surface area contributed by atoms with Gasteiger partial charge in [-0.25, -0.2) is 5.43 Å². The number of hydrazine groups is 1. The van der Waals surface area contributed by atoms with Gasteiger partial charge in [-0.15, -0.1) is 0 Å². The Kier molecular flexibility index (Phi) is 7.05. The SMILES string of the molecule is O=C(NN[C@@H]1c2ccccc2NC(=O)[C@H]1CCN(c1ccccc1)c1ccccc1)c1ccccc1. The summed E-state index contributed by atoms with van der Waals surface area (Å²) in [7, 11) is 0. The number of hydrogen-bond acceptors (Lipinski definition) is 4. The molecule has 6 heteroatoms. The number of anilines is 3. The van der Waals surface area contributed by atoms with E-state index in [0.717, 1.165) is 22.6 Å². The third-order valence-electron chi connectivity index (χ3n) is 6.47. The molecule has 0 bridgehead atoms. The van der Waals surface area contributed by atoms with Crippen LogP contribution in [0.2, 0.25) is 0 Å². The van der Waals surface area contributed by atoms with E-state index in [4.69, 9.17) is 0 Å². The molecule has 36 heavy (non-hydrogen) atoms. The van der Waals surface area contributed by atoms with Crippen LogP contribution in [0.4, 0.5) is 17.1 Å².